The fourth-order valence-corrected chi connectivity index (χ4v) is 3.97. The molecule has 1 amide bonds. The van der Waals surface area contributed by atoms with E-state index >= 15 is 0 Å². The lowest BCUT2D eigenvalue weighted by atomic mass is 9.98. The largest absolute Gasteiger partial charge is 0.382 e. The second kappa shape index (κ2) is 13.3. The highest BCUT2D eigenvalue weighted by atomic mass is 32.2. The SMILES string of the molecule is CS(=O)(=O)NCCNc1ccc(NC(=O)C(CNCCc2ccc(C#N)cc2)c2ccccc2)nc1. The smallest absolute Gasteiger partial charge is 0.234 e. The van der Waals surface area contributed by atoms with Crippen LogP contribution in [0.25, 0.3) is 0 Å². The Morgan fingerprint density at radius 1 is 1.00 bits per heavy atom. The van der Waals surface area contributed by atoms with Gasteiger partial charge in [-0.3, -0.25) is 4.79 Å². The van der Waals surface area contributed by atoms with Crippen molar-refractivity contribution in [3.05, 3.63) is 89.6 Å². The maximum Gasteiger partial charge on any atom is 0.234 e. The van der Waals surface area contributed by atoms with Crippen molar-refractivity contribution in [2.45, 2.75) is 12.3 Å². The van der Waals surface area contributed by atoms with E-state index in [-0.39, 0.29) is 12.5 Å². The molecule has 0 spiro atoms. The molecule has 4 N–H and O–H groups in total. The Hall–Kier alpha value is -3.78. The molecule has 1 heterocycles. The maximum absolute atomic E-state index is 13.1. The van der Waals surface area contributed by atoms with Crippen molar-refractivity contribution in [1.29, 1.82) is 5.26 Å². The van der Waals surface area contributed by atoms with Crippen LogP contribution in [0.3, 0.4) is 0 Å². The maximum atomic E-state index is 13.1. The van der Waals surface area contributed by atoms with Crippen LogP contribution in [0.5, 0.6) is 0 Å². The van der Waals surface area contributed by atoms with Crippen LogP contribution in [-0.2, 0) is 21.2 Å². The predicted molar refractivity (Wildman–Crippen MR) is 141 cm³/mol. The van der Waals surface area contributed by atoms with Crippen molar-refractivity contribution >= 4 is 27.4 Å². The Kier molecular flexibility index (Phi) is 9.94. The van der Waals surface area contributed by atoms with E-state index in [4.69, 9.17) is 5.26 Å². The van der Waals surface area contributed by atoms with E-state index in [9.17, 15) is 13.2 Å². The van der Waals surface area contributed by atoms with Crippen molar-refractivity contribution in [1.82, 2.24) is 15.0 Å². The molecule has 0 saturated carbocycles. The lowest BCUT2D eigenvalue weighted by Gasteiger charge is -2.18. The number of nitriles is 1. The molecule has 2 aromatic carbocycles. The van der Waals surface area contributed by atoms with Gasteiger partial charge >= 0.3 is 0 Å². The van der Waals surface area contributed by atoms with Crippen molar-refractivity contribution in [3.8, 4) is 6.07 Å². The second-order valence-electron chi connectivity index (χ2n) is 8.24. The zero-order chi connectivity index (χ0) is 25.8. The van der Waals surface area contributed by atoms with Crippen LogP contribution in [0.1, 0.15) is 22.6 Å². The Balaban J connectivity index is 1.54. The van der Waals surface area contributed by atoms with Crippen molar-refractivity contribution in [3.63, 3.8) is 0 Å². The summed E-state index contributed by atoms with van der Waals surface area (Å²) < 4.78 is 24.6. The van der Waals surface area contributed by atoms with Gasteiger partial charge < -0.3 is 16.0 Å². The Labute approximate surface area is 212 Å². The molecule has 1 atom stereocenters. The topological polar surface area (TPSA) is 136 Å². The van der Waals surface area contributed by atoms with E-state index in [1.807, 2.05) is 42.5 Å². The number of benzene rings is 2. The minimum atomic E-state index is -3.22. The third-order valence-electron chi connectivity index (χ3n) is 5.37. The molecule has 188 valence electrons. The van der Waals surface area contributed by atoms with Crippen LogP contribution in [0.4, 0.5) is 11.5 Å². The van der Waals surface area contributed by atoms with Gasteiger partial charge in [0.25, 0.3) is 0 Å². The molecule has 36 heavy (non-hydrogen) atoms. The first kappa shape index (κ1) is 26.8. The molecule has 0 aliphatic rings. The van der Waals surface area contributed by atoms with E-state index in [1.54, 1.807) is 30.5 Å². The molecule has 0 aliphatic carbocycles. The highest BCUT2D eigenvalue weighted by molar-refractivity contribution is 7.88. The van der Waals surface area contributed by atoms with Gasteiger partial charge in [-0.05, 0) is 48.4 Å². The highest BCUT2D eigenvalue weighted by Crippen LogP contribution is 2.18. The van der Waals surface area contributed by atoms with Gasteiger partial charge in [-0.2, -0.15) is 5.26 Å². The Bertz CT molecular complexity index is 1260. The quantitative estimate of drug-likeness (QED) is 0.262. The third kappa shape index (κ3) is 9.11. The number of nitrogens with zero attached hydrogens (tertiary/aromatic N) is 2. The average Bonchev–Trinajstić information content (AvgIpc) is 2.88. The summed E-state index contributed by atoms with van der Waals surface area (Å²) in [6.07, 6.45) is 3.48. The number of carbonyl (C=O) groups is 1. The van der Waals surface area contributed by atoms with Gasteiger partial charge in [0.05, 0.1) is 35.7 Å². The van der Waals surface area contributed by atoms with Crippen LogP contribution in [0.15, 0.2) is 72.9 Å². The summed E-state index contributed by atoms with van der Waals surface area (Å²) in [5.41, 5.74) is 3.37. The van der Waals surface area contributed by atoms with Gasteiger partial charge in [0, 0.05) is 19.6 Å². The van der Waals surface area contributed by atoms with Crippen molar-refractivity contribution < 1.29 is 13.2 Å². The zero-order valence-corrected chi connectivity index (χ0v) is 20.9. The summed E-state index contributed by atoms with van der Waals surface area (Å²) >= 11 is 0. The van der Waals surface area contributed by atoms with Crippen molar-refractivity contribution in [2.24, 2.45) is 0 Å². The molecular weight excluding hydrogens is 476 g/mol. The van der Waals surface area contributed by atoms with Gasteiger partial charge in [0.2, 0.25) is 15.9 Å². The molecule has 0 saturated heterocycles. The number of nitrogens with one attached hydrogen (secondary N) is 4. The number of anilines is 2. The monoisotopic (exact) mass is 506 g/mol. The van der Waals surface area contributed by atoms with Crippen molar-refractivity contribution in [2.75, 3.05) is 43.1 Å². The Morgan fingerprint density at radius 3 is 2.39 bits per heavy atom. The third-order valence-corrected chi connectivity index (χ3v) is 6.10. The van der Waals surface area contributed by atoms with Crippen LogP contribution in [0, 0.1) is 11.3 Å². The number of rotatable bonds is 13. The molecule has 10 heteroatoms. The highest BCUT2D eigenvalue weighted by Gasteiger charge is 2.20. The van der Waals surface area contributed by atoms with E-state index < -0.39 is 15.9 Å². The summed E-state index contributed by atoms with van der Waals surface area (Å²) in [4.78, 5) is 17.4. The molecule has 3 rings (SSSR count). The van der Waals surface area contributed by atoms with E-state index in [0.29, 0.717) is 36.7 Å². The molecule has 1 unspecified atom stereocenters. The number of aromatic nitrogens is 1. The van der Waals surface area contributed by atoms with Crippen LogP contribution in [0.2, 0.25) is 0 Å². The summed E-state index contributed by atoms with van der Waals surface area (Å²) in [7, 11) is -3.22. The predicted octanol–water partition coefficient (Wildman–Crippen LogP) is 2.47. The molecule has 9 nitrogen and oxygen atoms in total. The number of amides is 1. The lowest BCUT2D eigenvalue weighted by molar-refractivity contribution is -0.117. The molecular formula is C26H30N6O3S. The molecule has 0 radical (unpaired) electrons. The number of pyridine rings is 1. The van der Waals surface area contributed by atoms with E-state index in [0.717, 1.165) is 23.8 Å². The number of hydrogen-bond acceptors (Lipinski definition) is 7. The first-order chi connectivity index (χ1) is 17.3. The molecule has 1 aromatic heterocycles. The molecule has 0 aliphatic heterocycles. The summed E-state index contributed by atoms with van der Waals surface area (Å²) in [6.45, 7) is 1.81. The van der Waals surface area contributed by atoms with E-state index in [1.165, 1.54) is 0 Å². The molecule has 3 aromatic rings. The standard InChI is InChI=1S/C26H30N6O3S/c1-36(34,35)31-16-15-29-23-11-12-25(30-18-23)32-26(33)24(22-5-3-2-4-6-22)19-28-14-13-20-7-9-21(17-27)10-8-20/h2-12,18,24,28-29,31H,13-16,19H2,1H3,(H,30,32,33). The van der Waals surface area contributed by atoms with Crippen LogP contribution < -0.4 is 20.7 Å². The molecule has 0 bridgehead atoms. The van der Waals surface area contributed by atoms with Crippen LogP contribution >= 0.6 is 0 Å². The summed E-state index contributed by atoms with van der Waals surface area (Å²) in [5.74, 6) is -0.148. The van der Waals surface area contributed by atoms with E-state index in [2.05, 4.69) is 31.7 Å². The lowest BCUT2D eigenvalue weighted by Crippen LogP contribution is -2.32. The van der Waals surface area contributed by atoms with Gasteiger partial charge in [-0.1, -0.05) is 42.5 Å². The summed E-state index contributed by atoms with van der Waals surface area (Å²) in [6, 6.07) is 22.6. The fourth-order valence-electron chi connectivity index (χ4n) is 3.50. The van der Waals surface area contributed by atoms with Gasteiger partial charge in [0.15, 0.2) is 0 Å². The first-order valence-electron chi connectivity index (χ1n) is 11.5. The van der Waals surface area contributed by atoms with Crippen LogP contribution in [-0.4, -0.2) is 51.7 Å². The summed E-state index contributed by atoms with van der Waals surface area (Å²) in [5, 5.41) is 18.3. The first-order valence-corrected chi connectivity index (χ1v) is 13.4. The van der Waals surface area contributed by atoms with Gasteiger partial charge in [-0.25, -0.2) is 18.1 Å². The molecule has 0 fully saturated rings. The normalized spacial score (nSPS) is 11.9. The van der Waals surface area contributed by atoms with Gasteiger partial charge in [0.1, 0.15) is 5.82 Å². The second-order valence-corrected chi connectivity index (χ2v) is 10.1. The number of hydrogen-bond donors (Lipinski definition) is 4. The minimum absolute atomic E-state index is 0.169. The fraction of sp³-hybridized carbons (Fsp3) is 0.269. The number of carbonyl (C=O) groups excluding carboxylic acids is 1. The average molecular weight is 507 g/mol. The van der Waals surface area contributed by atoms with Gasteiger partial charge in [-0.15, -0.1) is 0 Å². The zero-order valence-electron chi connectivity index (χ0n) is 20.1. The number of sulfonamides is 1. The minimum Gasteiger partial charge on any atom is -0.382 e. The Morgan fingerprint density at radius 2 is 1.75 bits per heavy atom.